The van der Waals surface area contributed by atoms with E-state index in [1.54, 1.807) is 64.3 Å². The van der Waals surface area contributed by atoms with E-state index in [1.807, 2.05) is 0 Å². The molecule has 438 valence electrons. The zero-order chi connectivity index (χ0) is 59.1. The molecule has 0 radical (unpaired) electrons. The van der Waals surface area contributed by atoms with Gasteiger partial charge in [-0.2, -0.15) is 11.8 Å². The summed E-state index contributed by atoms with van der Waals surface area (Å²) in [6, 6.07) is -4.76. The Kier molecular flexibility index (Phi) is 32.5. The summed E-state index contributed by atoms with van der Waals surface area (Å²) < 4.78 is 0. The Morgan fingerprint density at radius 2 is 0.974 bits per heavy atom. The summed E-state index contributed by atoms with van der Waals surface area (Å²) in [6.45, 7) is 6.24. The van der Waals surface area contributed by atoms with E-state index in [1.165, 1.54) is 11.8 Å². The first-order valence-corrected chi connectivity index (χ1v) is 26.9. The lowest BCUT2D eigenvalue weighted by Crippen LogP contribution is -2.61. The van der Waals surface area contributed by atoms with Crippen LogP contribution < -0.4 is 71.2 Å². The van der Waals surface area contributed by atoms with Crippen LogP contribution in [0.25, 0.3) is 0 Å². The largest absolute Gasteiger partial charge is 0.481 e. The second kappa shape index (κ2) is 36.8. The van der Waals surface area contributed by atoms with E-state index in [0.717, 1.165) is 0 Å². The molecule has 0 fully saturated rings. The van der Waals surface area contributed by atoms with Crippen molar-refractivity contribution in [1.29, 1.82) is 0 Å². The molecule has 0 aliphatic rings. The van der Waals surface area contributed by atoms with Gasteiger partial charge in [0, 0.05) is 13.0 Å². The zero-order valence-electron chi connectivity index (χ0n) is 44.9. The molecule has 0 aromatic heterocycles. The van der Waals surface area contributed by atoms with Crippen LogP contribution in [0, 0.1) is 11.8 Å². The minimum Gasteiger partial charge on any atom is -0.481 e. The Morgan fingerprint density at radius 3 is 1.42 bits per heavy atom. The number of nitrogens with one attached hydrogen (secondary N) is 8. The third-order valence-corrected chi connectivity index (χ3v) is 12.2. The van der Waals surface area contributed by atoms with E-state index in [0.29, 0.717) is 17.7 Å². The number of guanidine groups is 1. The number of benzene rings is 1. The van der Waals surface area contributed by atoms with Gasteiger partial charge < -0.3 is 86.5 Å². The van der Waals surface area contributed by atoms with Crippen molar-refractivity contribution in [3.63, 3.8) is 0 Å². The number of amides is 9. The predicted octanol–water partition coefficient (Wildman–Crippen LogP) is -4.11. The number of hydrogen-bond donors (Lipinski definition) is 16. The highest BCUT2D eigenvalue weighted by Gasteiger charge is 2.36. The number of aliphatic imine (C=N–C) groups is 1. The van der Waals surface area contributed by atoms with Crippen LogP contribution in [0.15, 0.2) is 35.3 Å². The summed E-state index contributed by atoms with van der Waals surface area (Å²) in [4.78, 5) is 149. The monoisotopic (exact) mass is 1120 g/mol. The van der Waals surface area contributed by atoms with Crippen LogP contribution in [0.1, 0.15) is 97.5 Å². The number of carboxylic acids is 2. The number of nitrogens with zero attached hydrogens (tertiary/aromatic N) is 1. The van der Waals surface area contributed by atoms with Gasteiger partial charge in [-0.3, -0.25) is 52.9 Å². The molecule has 21 N–H and O–H groups in total. The Balaban J connectivity index is 3.47. The van der Waals surface area contributed by atoms with Crippen LogP contribution in [0.5, 0.6) is 0 Å². The van der Waals surface area contributed by atoms with E-state index in [9.17, 15) is 63.0 Å². The maximum atomic E-state index is 14.2. The lowest BCUT2D eigenvalue weighted by Gasteiger charge is -2.29. The van der Waals surface area contributed by atoms with Crippen molar-refractivity contribution in [2.45, 2.75) is 153 Å². The summed E-state index contributed by atoms with van der Waals surface area (Å²) in [5.41, 5.74) is 28.4. The van der Waals surface area contributed by atoms with E-state index in [-0.39, 0.29) is 82.3 Å². The van der Waals surface area contributed by atoms with E-state index < -0.39 is 139 Å². The number of primary amides is 1. The number of aliphatic hydroxyl groups excluding tert-OH is 1. The molecule has 9 amide bonds. The fourth-order valence-corrected chi connectivity index (χ4v) is 8.04. The lowest BCUT2D eigenvalue weighted by molar-refractivity contribution is -0.142. The number of unbranched alkanes of at least 4 members (excludes halogenated alkanes) is 1. The van der Waals surface area contributed by atoms with Gasteiger partial charge in [0.15, 0.2) is 5.96 Å². The molecule has 0 bridgehead atoms. The van der Waals surface area contributed by atoms with Gasteiger partial charge in [-0.1, -0.05) is 58.0 Å². The van der Waals surface area contributed by atoms with Crippen LogP contribution in [0.4, 0.5) is 0 Å². The number of carbonyl (C=O) groups excluding carboxylic acids is 9. The fourth-order valence-electron chi connectivity index (χ4n) is 7.56. The molecule has 0 aliphatic carbocycles. The van der Waals surface area contributed by atoms with Crippen LogP contribution in [0.3, 0.4) is 0 Å². The summed E-state index contributed by atoms with van der Waals surface area (Å²) in [5.74, 6) is -11.7. The van der Waals surface area contributed by atoms with Crippen LogP contribution in [-0.2, 0) is 59.2 Å². The molecule has 0 saturated heterocycles. The first-order valence-electron chi connectivity index (χ1n) is 25.5. The molecular weight excluding hydrogens is 1040 g/mol. The molecule has 0 unspecified atom stereocenters. The molecule has 0 spiro atoms. The Labute approximate surface area is 457 Å². The molecule has 29 heteroatoms. The molecule has 28 nitrogen and oxygen atoms in total. The van der Waals surface area contributed by atoms with Gasteiger partial charge >= 0.3 is 11.9 Å². The van der Waals surface area contributed by atoms with Gasteiger partial charge in [0.2, 0.25) is 53.2 Å². The number of aliphatic carboxylic acids is 2. The number of aliphatic hydroxyl groups is 1. The van der Waals surface area contributed by atoms with Gasteiger partial charge in [-0.05, 0) is 87.3 Å². The minimum absolute atomic E-state index is 0.000909. The third kappa shape index (κ3) is 27.8. The number of nitrogens with two attached hydrogens (primary N) is 5. The molecule has 1 aromatic carbocycles. The summed E-state index contributed by atoms with van der Waals surface area (Å²) in [7, 11) is 0. The van der Waals surface area contributed by atoms with Crippen molar-refractivity contribution in [2.75, 3.05) is 31.7 Å². The SMILES string of the molecule is CSCC[C@H](NC(=O)[C@@H](N)CC(=O)O)C(=O)N[C@@H](CO)C(=O)N[C@@H](CC(C)C)C(=O)N[C@@H](CC(C)C)C(=O)N[C@@H](CCCCN)C(=O)N[C@@H](CC(N)=O)C(=O)N[C@@H](CCCN=C(N)N)C(=O)N[C@@H](Cc1ccccc1)C(=O)O. The first-order chi connectivity index (χ1) is 36.7. The van der Waals surface area contributed by atoms with Gasteiger partial charge in [-0.25, -0.2) is 4.79 Å². The molecule has 0 aliphatic heterocycles. The molecule has 9 atom stereocenters. The molecular formula is C49H82N14O14S. The highest BCUT2D eigenvalue weighted by atomic mass is 32.2. The molecule has 0 heterocycles. The van der Waals surface area contributed by atoms with Crippen molar-refractivity contribution in [2.24, 2.45) is 45.5 Å². The molecule has 1 rings (SSSR count). The van der Waals surface area contributed by atoms with E-state index >= 15 is 0 Å². The topological polar surface area (TPSA) is 487 Å². The highest BCUT2D eigenvalue weighted by molar-refractivity contribution is 7.98. The quantitative estimate of drug-likeness (QED) is 0.0169. The smallest absolute Gasteiger partial charge is 0.326 e. The maximum absolute atomic E-state index is 14.2. The molecule has 78 heavy (non-hydrogen) atoms. The number of rotatable bonds is 39. The minimum atomic E-state index is -1.74. The average molecular weight is 1120 g/mol. The summed E-state index contributed by atoms with van der Waals surface area (Å²) in [6.07, 6.45) is 0.690. The fraction of sp³-hybridized carbons (Fsp3) is 0.633. The van der Waals surface area contributed by atoms with Gasteiger partial charge in [0.25, 0.3) is 0 Å². The van der Waals surface area contributed by atoms with Crippen molar-refractivity contribution >= 4 is 82.8 Å². The van der Waals surface area contributed by atoms with E-state index in [2.05, 4.69) is 47.5 Å². The van der Waals surface area contributed by atoms with Crippen molar-refractivity contribution < 1.29 is 68.1 Å². The highest BCUT2D eigenvalue weighted by Crippen LogP contribution is 2.13. The van der Waals surface area contributed by atoms with E-state index in [4.69, 9.17) is 33.8 Å². The summed E-state index contributed by atoms with van der Waals surface area (Å²) >= 11 is 1.33. The zero-order valence-corrected chi connectivity index (χ0v) is 45.7. The second-order valence-electron chi connectivity index (χ2n) is 19.3. The van der Waals surface area contributed by atoms with Crippen molar-refractivity contribution in [3.8, 4) is 0 Å². The van der Waals surface area contributed by atoms with Gasteiger partial charge in [0.05, 0.1) is 25.5 Å². The standard InChI is InChI=1S/C49H82N14O14S/c1-26(2)20-33(59-45(73)34(21-27(3)4)60-47(75)37(25-64)63-43(71)32(16-19-78-5)56-40(68)29(51)23-39(66)67)44(72)57-30(14-9-10-17-50)41(69)61-35(24-38(52)65)46(74)58-31(15-11-18-55-49(53)54)42(70)62-36(48(76)77)22-28-12-7-6-8-13-28/h6-8,12-13,26-27,29-37,64H,9-11,14-25,50-51H2,1-5H3,(H2,52,65)(H,56,68)(H,57,72)(H,58,74)(H,59,73)(H,60,75)(H,61,69)(H,62,70)(H,63,71)(H,66,67)(H,76,77)(H4,53,54,55)/t29-,30-,31-,32-,33-,34-,35-,36-,37-/m0/s1. The van der Waals surface area contributed by atoms with Crippen LogP contribution in [-0.4, -0.2) is 172 Å². The second-order valence-corrected chi connectivity index (χ2v) is 20.3. The summed E-state index contributed by atoms with van der Waals surface area (Å²) in [5, 5.41) is 49.1. The number of carboxylic acid groups (broad SMARTS) is 2. The normalized spacial score (nSPS) is 14.5. The predicted molar refractivity (Wildman–Crippen MR) is 289 cm³/mol. The Morgan fingerprint density at radius 1 is 0.551 bits per heavy atom. The lowest BCUT2D eigenvalue weighted by atomic mass is 9.99. The maximum Gasteiger partial charge on any atom is 0.326 e. The number of hydrogen-bond acceptors (Lipinski definition) is 16. The van der Waals surface area contributed by atoms with Gasteiger partial charge in [-0.15, -0.1) is 0 Å². The first kappa shape index (κ1) is 68.9. The van der Waals surface area contributed by atoms with Crippen LogP contribution >= 0.6 is 11.8 Å². The van der Waals surface area contributed by atoms with Crippen LogP contribution in [0.2, 0.25) is 0 Å². The molecule has 0 saturated carbocycles. The Bertz CT molecular complexity index is 2190. The molecule has 1 aromatic rings. The number of carbonyl (C=O) groups is 11. The van der Waals surface area contributed by atoms with Crippen molar-refractivity contribution in [1.82, 2.24) is 42.5 Å². The van der Waals surface area contributed by atoms with Crippen molar-refractivity contribution in [3.05, 3.63) is 35.9 Å². The Hall–Kier alpha value is -7.11. The third-order valence-electron chi connectivity index (χ3n) is 11.6. The average Bonchev–Trinajstić information content (AvgIpc) is 3.35. The van der Waals surface area contributed by atoms with Gasteiger partial charge in [0.1, 0.15) is 48.3 Å². The number of thioether (sulfide) groups is 1.